The van der Waals surface area contributed by atoms with E-state index < -0.39 is 24.2 Å². The fourth-order valence-electron chi connectivity index (χ4n) is 2.92. The van der Waals surface area contributed by atoms with Gasteiger partial charge in [0.2, 0.25) is 0 Å². The molecule has 5 N–H and O–H groups in total. The molecule has 1 heterocycles. The molecule has 3 unspecified atom stereocenters. The number of carboxylic acids is 1. The molecule has 136 valence electrons. The Morgan fingerprint density at radius 1 is 1.31 bits per heavy atom. The number of nitrogens with one attached hydrogen (secondary N) is 2. The van der Waals surface area contributed by atoms with Crippen LogP contribution < -0.4 is 16.4 Å². The zero-order chi connectivity index (χ0) is 18.7. The third kappa shape index (κ3) is 3.84. The molecule has 0 saturated heterocycles. The second kappa shape index (κ2) is 7.55. The molecule has 0 radical (unpaired) electrons. The van der Waals surface area contributed by atoms with Gasteiger partial charge >= 0.3 is 5.97 Å². The van der Waals surface area contributed by atoms with Crippen LogP contribution in [0.4, 0.5) is 11.4 Å². The lowest BCUT2D eigenvalue weighted by molar-refractivity contribution is -0.141. The first-order chi connectivity index (χ1) is 12.5. The molecule has 0 aliphatic carbocycles. The van der Waals surface area contributed by atoms with Crippen molar-refractivity contribution in [3.8, 4) is 0 Å². The number of nitrogen functional groups attached to an aromatic ring is 1. The summed E-state index contributed by atoms with van der Waals surface area (Å²) in [6.45, 7) is 1.77. The molecule has 26 heavy (non-hydrogen) atoms. The van der Waals surface area contributed by atoms with Crippen LogP contribution in [0.1, 0.15) is 24.1 Å². The molecule has 7 heteroatoms. The van der Waals surface area contributed by atoms with Crippen molar-refractivity contribution in [2.45, 2.75) is 31.7 Å². The predicted octanol–water partition coefficient (Wildman–Crippen LogP) is 1.91. The number of aliphatic carboxylic acids is 1. The van der Waals surface area contributed by atoms with Gasteiger partial charge in [-0.2, -0.15) is 0 Å². The number of anilines is 2. The topological polar surface area (TPSA) is 114 Å². The van der Waals surface area contributed by atoms with Crippen LogP contribution in [0.5, 0.6) is 0 Å². The molecule has 1 aliphatic rings. The van der Waals surface area contributed by atoms with E-state index in [2.05, 4.69) is 10.6 Å². The number of hydrogen-bond acceptors (Lipinski definition) is 5. The Kier molecular flexibility index (Phi) is 5.20. The first-order valence-corrected chi connectivity index (χ1v) is 8.30. The zero-order valence-electron chi connectivity index (χ0n) is 14.3. The number of rotatable bonds is 6. The van der Waals surface area contributed by atoms with Crippen molar-refractivity contribution in [3.63, 3.8) is 0 Å². The molecule has 0 fully saturated rings. The van der Waals surface area contributed by atoms with E-state index in [4.69, 9.17) is 10.5 Å². The van der Waals surface area contributed by atoms with Crippen molar-refractivity contribution < 1.29 is 19.4 Å². The summed E-state index contributed by atoms with van der Waals surface area (Å²) in [7, 11) is 0. The molecule has 3 atom stereocenters. The van der Waals surface area contributed by atoms with E-state index in [-0.39, 0.29) is 12.5 Å². The van der Waals surface area contributed by atoms with Gasteiger partial charge in [0.05, 0.1) is 12.6 Å². The fraction of sp³-hybridized carbons (Fsp3) is 0.263. The Hall–Kier alpha value is -2.90. The van der Waals surface area contributed by atoms with E-state index in [1.807, 2.05) is 30.3 Å². The Morgan fingerprint density at radius 2 is 2.04 bits per heavy atom. The van der Waals surface area contributed by atoms with E-state index in [9.17, 15) is 14.7 Å². The number of hydrogen-bond donors (Lipinski definition) is 4. The quantitative estimate of drug-likeness (QED) is 0.589. The van der Waals surface area contributed by atoms with Crippen molar-refractivity contribution in [1.29, 1.82) is 0 Å². The number of amides is 1. The molecule has 0 aromatic heterocycles. The van der Waals surface area contributed by atoms with Gasteiger partial charge in [-0.05, 0) is 30.2 Å². The molecule has 1 amide bonds. The van der Waals surface area contributed by atoms with E-state index in [0.717, 1.165) is 11.1 Å². The average molecular weight is 355 g/mol. The van der Waals surface area contributed by atoms with Crippen molar-refractivity contribution in [3.05, 3.63) is 59.7 Å². The first-order valence-electron chi connectivity index (χ1n) is 8.30. The fourth-order valence-corrected chi connectivity index (χ4v) is 2.92. The summed E-state index contributed by atoms with van der Waals surface area (Å²) in [5, 5.41) is 15.0. The van der Waals surface area contributed by atoms with Crippen LogP contribution in [-0.2, 0) is 20.9 Å². The minimum Gasteiger partial charge on any atom is -0.480 e. The molecule has 0 saturated carbocycles. The highest BCUT2D eigenvalue weighted by Gasteiger charge is 2.38. The van der Waals surface area contributed by atoms with Gasteiger partial charge in [-0.25, -0.2) is 0 Å². The molecule has 3 rings (SSSR count). The molecule has 2 aromatic carbocycles. The number of nitrogens with two attached hydrogens (primary N) is 1. The van der Waals surface area contributed by atoms with Crippen LogP contribution in [-0.4, -0.2) is 29.1 Å². The van der Waals surface area contributed by atoms with Crippen molar-refractivity contribution in [2.75, 3.05) is 11.1 Å². The van der Waals surface area contributed by atoms with Gasteiger partial charge in [0.25, 0.3) is 5.91 Å². The lowest BCUT2D eigenvalue weighted by atomic mass is 9.93. The third-order valence-electron chi connectivity index (χ3n) is 4.30. The van der Waals surface area contributed by atoms with Crippen LogP contribution >= 0.6 is 0 Å². The molecular formula is C19H21N3O4. The summed E-state index contributed by atoms with van der Waals surface area (Å²) >= 11 is 0. The number of carbonyl (C=O) groups excluding carboxylic acids is 1. The van der Waals surface area contributed by atoms with Crippen LogP contribution in [0, 0.1) is 0 Å². The Morgan fingerprint density at radius 3 is 2.73 bits per heavy atom. The standard InChI is InChI=1S/C19H21N3O4/c1-11(19(24)25)21-16-14-8-7-13(20)9-15(14)22-18(23)17(16)26-10-12-5-3-2-4-6-12/h2-9,11,16-17,21H,10,20H2,1H3,(H,22,23)(H,24,25). The lowest BCUT2D eigenvalue weighted by Gasteiger charge is -2.34. The molecule has 1 aliphatic heterocycles. The predicted molar refractivity (Wildman–Crippen MR) is 97.5 cm³/mol. The van der Waals surface area contributed by atoms with Gasteiger partial charge in [-0.1, -0.05) is 36.4 Å². The third-order valence-corrected chi connectivity index (χ3v) is 4.30. The summed E-state index contributed by atoms with van der Waals surface area (Å²) in [5.74, 6) is -1.34. The number of fused-ring (bicyclic) bond motifs is 1. The molecule has 2 aromatic rings. The number of carbonyl (C=O) groups is 2. The summed E-state index contributed by atoms with van der Waals surface area (Å²) in [4.78, 5) is 23.9. The summed E-state index contributed by atoms with van der Waals surface area (Å²) in [6, 6.07) is 13.2. The van der Waals surface area contributed by atoms with E-state index >= 15 is 0 Å². The summed E-state index contributed by atoms with van der Waals surface area (Å²) < 4.78 is 5.86. The van der Waals surface area contributed by atoms with Gasteiger partial charge in [0, 0.05) is 11.4 Å². The minimum absolute atomic E-state index is 0.239. The van der Waals surface area contributed by atoms with Gasteiger partial charge in [-0.3, -0.25) is 14.9 Å². The average Bonchev–Trinajstić information content (AvgIpc) is 2.61. The van der Waals surface area contributed by atoms with Crippen LogP contribution in [0.2, 0.25) is 0 Å². The summed E-state index contributed by atoms with van der Waals surface area (Å²) in [6.07, 6.45) is -0.867. The smallest absolute Gasteiger partial charge is 0.320 e. The molecule has 7 nitrogen and oxygen atoms in total. The number of carboxylic acid groups (broad SMARTS) is 1. The first kappa shape index (κ1) is 17.9. The second-order valence-electron chi connectivity index (χ2n) is 6.26. The maximum Gasteiger partial charge on any atom is 0.320 e. The van der Waals surface area contributed by atoms with Gasteiger partial charge in [0.15, 0.2) is 6.10 Å². The van der Waals surface area contributed by atoms with Crippen molar-refractivity contribution >= 4 is 23.3 Å². The summed E-state index contributed by atoms with van der Waals surface area (Å²) in [5.41, 5.74) is 8.53. The van der Waals surface area contributed by atoms with Crippen LogP contribution in [0.15, 0.2) is 48.5 Å². The van der Waals surface area contributed by atoms with Gasteiger partial charge < -0.3 is 20.9 Å². The number of benzene rings is 2. The van der Waals surface area contributed by atoms with E-state index in [1.165, 1.54) is 6.92 Å². The maximum absolute atomic E-state index is 12.6. The SMILES string of the molecule is CC(NC1c2ccc(N)cc2NC(=O)C1OCc1ccccc1)C(=O)O. The Labute approximate surface area is 151 Å². The second-order valence-corrected chi connectivity index (χ2v) is 6.26. The normalized spacial score (nSPS) is 20.1. The largest absolute Gasteiger partial charge is 0.480 e. The van der Waals surface area contributed by atoms with Crippen LogP contribution in [0.25, 0.3) is 0 Å². The zero-order valence-corrected chi connectivity index (χ0v) is 14.3. The lowest BCUT2D eigenvalue weighted by Crippen LogP contribution is -2.49. The maximum atomic E-state index is 12.6. The molecule has 0 bridgehead atoms. The number of ether oxygens (including phenoxy) is 1. The highest BCUT2D eigenvalue weighted by atomic mass is 16.5. The van der Waals surface area contributed by atoms with Gasteiger partial charge in [-0.15, -0.1) is 0 Å². The van der Waals surface area contributed by atoms with Crippen molar-refractivity contribution in [1.82, 2.24) is 5.32 Å². The molecule has 0 spiro atoms. The van der Waals surface area contributed by atoms with Crippen molar-refractivity contribution in [2.24, 2.45) is 0 Å². The van der Waals surface area contributed by atoms with Crippen LogP contribution in [0.3, 0.4) is 0 Å². The Bertz CT molecular complexity index is 810. The highest BCUT2D eigenvalue weighted by Crippen LogP contribution is 2.34. The monoisotopic (exact) mass is 355 g/mol. The highest BCUT2D eigenvalue weighted by molar-refractivity contribution is 5.98. The van der Waals surface area contributed by atoms with Gasteiger partial charge in [0.1, 0.15) is 6.04 Å². The molecular weight excluding hydrogens is 334 g/mol. The van der Waals surface area contributed by atoms with E-state index in [0.29, 0.717) is 11.4 Å². The minimum atomic E-state index is -1.00. The van der Waals surface area contributed by atoms with E-state index in [1.54, 1.807) is 18.2 Å². The Balaban J connectivity index is 1.88.